The van der Waals surface area contributed by atoms with Crippen molar-refractivity contribution >= 4 is 11.8 Å². The van der Waals surface area contributed by atoms with Gasteiger partial charge in [-0.1, -0.05) is 13.0 Å². The van der Waals surface area contributed by atoms with Crippen molar-refractivity contribution in [3.63, 3.8) is 0 Å². The van der Waals surface area contributed by atoms with Gasteiger partial charge >= 0.3 is 0 Å². The molecule has 6 heteroatoms. The average Bonchev–Trinajstić information content (AvgIpc) is 2.69. The van der Waals surface area contributed by atoms with E-state index in [1.165, 1.54) is 6.07 Å². The molecule has 1 unspecified atom stereocenters. The summed E-state index contributed by atoms with van der Waals surface area (Å²) in [5.74, 6) is 0.403. The summed E-state index contributed by atoms with van der Waals surface area (Å²) >= 11 is 0. The summed E-state index contributed by atoms with van der Waals surface area (Å²) in [6, 6.07) is 4.47. The molecule has 5 nitrogen and oxygen atoms in total. The molecule has 2 aliphatic heterocycles. The molecule has 0 N–H and O–H groups in total. The monoisotopic (exact) mass is 375 g/mol. The van der Waals surface area contributed by atoms with Crippen molar-refractivity contribution in [1.82, 2.24) is 14.7 Å². The van der Waals surface area contributed by atoms with Gasteiger partial charge in [0.1, 0.15) is 5.82 Å². The van der Waals surface area contributed by atoms with Gasteiger partial charge < -0.3 is 9.80 Å². The fourth-order valence-electron chi connectivity index (χ4n) is 3.87. The highest BCUT2D eigenvalue weighted by Crippen LogP contribution is 2.19. The number of piperidine rings is 1. The molecule has 0 spiro atoms. The molecule has 0 aromatic heterocycles. The molecule has 27 heavy (non-hydrogen) atoms. The maximum absolute atomic E-state index is 13.7. The molecule has 1 aromatic rings. The molecule has 148 valence electrons. The number of benzene rings is 1. The predicted molar refractivity (Wildman–Crippen MR) is 103 cm³/mol. The van der Waals surface area contributed by atoms with Crippen LogP contribution in [0.2, 0.25) is 0 Å². The highest BCUT2D eigenvalue weighted by Gasteiger charge is 2.31. The second kappa shape index (κ2) is 8.38. The van der Waals surface area contributed by atoms with E-state index in [2.05, 4.69) is 11.8 Å². The molecule has 0 saturated carbocycles. The summed E-state index contributed by atoms with van der Waals surface area (Å²) in [5, 5.41) is 0. The minimum Gasteiger partial charge on any atom is -0.341 e. The molecular weight excluding hydrogens is 345 g/mol. The molecule has 1 aromatic carbocycles. The van der Waals surface area contributed by atoms with E-state index < -0.39 is 0 Å². The van der Waals surface area contributed by atoms with E-state index in [0.717, 1.165) is 25.9 Å². The standard InChI is InChI=1S/C21H30FN3O2/c1-15-6-8-24(9-7-15)20(26)17(3)23-10-12-25(13-11-23)21(27)18-5-4-16(2)19(22)14-18/h4-5,14-15,17H,6-13H2,1-3H3. The summed E-state index contributed by atoms with van der Waals surface area (Å²) in [4.78, 5) is 31.3. The van der Waals surface area contributed by atoms with E-state index >= 15 is 0 Å². The van der Waals surface area contributed by atoms with Crippen molar-refractivity contribution in [2.45, 2.75) is 39.7 Å². The first-order valence-electron chi connectivity index (χ1n) is 9.95. The Morgan fingerprint density at radius 1 is 1.04 bits per heavy atom. The third-order valence-corrected chi connectivity index (χ3v) is 6.02. The molecule has 0 radical (unpaired) electrons. The van der Waals surface area contributed by atoms with Gasteiger partial charge in [0.2, 0.25) is 5.91 Å². The molecular formula is C21H30FN3O2. The van der Waals surface area contributed by atoms with Crippen molar-refractivity contribution in [2.24, 2.45) is 5.92 Å². The summed E-state index contributed by atoms with van der Waals surface area (Å²) in [6.45, 7) is 10.0. The maximum atomic E-state index is 13.7. The van der Waals surface area contributed by atoms with Crippen LogP contribution in [0.4, 0.5) is 4.39 Å². The molecule has 0 aliphatic carbocycles. The number of amides is 2. The van der Waals surface area contributed by atoms with Gasteiger partial charge in [0, 0.05) is 44.8 Å². The minimum absolute atomic E-state index is 0.141. The van der Waals surface area contributed by atoms with Crippen LogP contribution in [0.15, 0.2) is 18.2 Å². The predicted octanol–water partition coefficient (Wildman–Crippen LogP) is 2.54. The highest BCUT2D eigenvalue weighted by molar-refractivity contribution is 5.94. The Labute approximate surface area is 161 Å². The highest BCUT2D eigenvalue weighted by atomic mass is 19.1. The number of rotatable bonds is 3. The first kappa shape index (κ1) is 19.8. The lowest BCUT2D eigenvalue weighted by atomic mass is 9.98. The molecule has 2 heterocycles. The number of carbonyl (C=O) groups is 2. The average molecular weight is 375 g/mol. The topological polar surface area (TPSA) is 43.9 Å². The number of nitrogens with zero attached hydrogens (tertiary/aromatic N) is 3. The van der Waals surface area contributed by atoms with Gasteiger partial charge in [-0.05, 0) is 50.3 Å². The zero-order valence-corrected chi connectivity index (χ0v) is 16.6. The van der Waals surface area contributed by atoms with Crippen molar-refractivity contribution in [3.8, 4) is 0 Å². The van der Waals surface area contributed by atoms with Gasteiger partial charge in [-0.15, -0.1) is 0 Å². The molecule has 0 bridgehead atoms. The summed E-state index contributed by atoms with van der Waals surface area (Å²) in [6.07, 6.45) is 2.15. The van der Waals surface area contributed by atoms with Crippen molar-refractivity contribution in [3.05, 3.63) is 35.1 Å². The second-order valence-corrected chi connectivity index (χ2v) is 7.98. The first-order valence-corrected chi connectivity index (χ1v) is 9.95. The van der Waals surface area contributed by atoms with E-state index in [-0.39, 0.29) is 23.7 Å². The number of likely N-dealkylation sites (tertiary alicyclic amines) is 1. The van der Waals surface area contributed by atoms with Crippen LogP contribution in [0.5, 0.6) is 0 Å². The number of hydrogen-bond acceptors (Lipinski definition) is 3. The van der Waals surface area contributed by atoms with Crippen LogP contribution in [-0.4, -0.2) is 71.8 Å². The van der Waals surface area contributed by atoms with Gasteiger partial charge in [0.05, 0.1) is 6.04 Å². The smallest absolute Gasteiger partial charge is 0.254 e. The van der Waals surface area contributed by atoms with Crippen molar-refractivity contribution in [2.75, 3.05) is 39.3 Å². The third-order valence-electron chi connectivity index (χ3n) is 6.02. The molecule has 2 amide bonds. The van der Waals surface area contributed by atoms with Crippen molar-refractivity contribution in [1.29, 1.82) is 0 Å². The van der Waals surface area contributed by atoms with E-state index in [9.17, 15) is 14.0 Å². The van der Waals surface area contributed by atoms with E-state index in [1.54, 1.807) is 24.0 Å². The second-order valence-electron chi connectivity index (χ2n) is 7.98. The van der Waals surface area contributed by atoms with Crippen LogP contribution in [-0.2, 0) is 4.79 Å². The van der Waals surface area contributed by atoms with Crippen LogP contribution in [0.25, 0.3) is 0 Å². The Balaban J connectivity index is 1.54. The van der Waals surface area contributed by atoms with E-state index in [0.29, 0.717) is 43.2 Å². The van der Waals surface area contributed by atoms with Crippen molar-refractivity contribution < 1.29 is 14.0 Å². The number of hydrogen-bond donors (Lipinski definition) is 0. The number of piperazine rings is 1. The quantitative estimate of drug-likeness (QED) is 0.816. The van der Waals surface area contributed by atoms with Gasteiger partial charge in [-0.2, -0.15) is 0 Å². The largest absolute Gasteiger partial charge is 0.341 e. The normalized spacial score (nSPS) is 20.6. The van der Waals surface area contributed by atoms with E-state index in [4.69, 9.17) is 0 Å². The molecule has 1 atom stereocenters. The molecule has 2 fully saturated rings. The minimum atomic E-state index is -0.352. The summed E-state index contributed by atoms with van der Waals surface area (Å²) in [7, 11) is 0. The van der Waals surface area contributed by atoms with Crippen LogP contribution in [0.1, 0.15) is 42.6 Å². The molecule has 2 saturated heterocycles. The van der Waals surface area contributed by atoms with Crippen LogP contribution in [0, 0.1) is 18.7 Å². The lowest BCUT2D eigenvalue weighted by Crippen LogP contribution is -2.56. The van der Waals surface area contributed by atoms with Gasteiger partial charge in [-0.25, -0.2) is 4.39 Å². The Morgan fingerprint density at radius 3 is 2.26 bits per heavy atom. The Kier molecular flexibility index (Phi) is 6.15. The summed E-state index contributed by atoms with van der Waals surface area (Å²) in [5.41, 5.74) is 0.925. The fourth-order valence-corrected chi connectivity index (χ4v) is 3.87. The van der Waals surface area contributed by atoms with Gasteiger partial charge in [0.25, 0.3) is 5.91 Å². The van der Waals surface area contributed by atoms with Crippen LogP contribution < -0.4 is 0 Å². The van der Waals surface area contributed by atoms with Gasteiger partial charge in [0.15, 0.2) is 0 Å². The Morgan fingerprint density at radius 2 is 1.67 bits per heavy atom. The SMILES string of the molecule is Cc1ccc(C(=O)N2CCN(C(C)C(=O)N3CCC(C)CC3)CC2)cc1F. The fraction of sp³-hybridized carbons (Fsp3) is 0.619. The molecule has 3 rings (SSSR count). The van der Waals surface area contributed by atoms with Gasteiger partial charge in [-0.3, -0.25) is 14.5 Å². The van der Waals surface area contributed by atoms with Crippen LogP contribution in [0.3, 0.4) is 0 Å². The Bertz CT molecular complexity index is 693. The zero-order chi connectivity index (χ0) is 19.6. The number of carbonyl (C=O) groups excluding carboxylic acids is 2. The van der Waals surface area contributed by atoms with Crippen LogP contribution >= 0.6 is 0 Å². The Hall–Kier alpha value is -1.95. The lowest BCUT2D eigenvalue weighted by Gasteiger charge is -2.40. The molecule has 2 aliphatic rings. The number of aryl methyl sites for hydroxylation is 1. The maximum Gasteiger partial charge on any atom is 0.254 e. The first-order chi connectivity index (χ1) is 12.9. The third kappa shape index (κ3) is 4.49. The lowest BCUT2D eigenvalue weighted by molar-refractivity contribution is -0.138. The van der Waals surface area contributed by atoms with E-state index in [1.807, 2.05) is 11.8 Å². The number of halogens is 1. The zero-order valence-electron chi connectivity index (χ0n) is 16.6. The summed E-state index contributed by atoms with van der Waals surface area (Å²) < 4.78 is 13.7.